The van der Waals surface area contributed by atoms with E-state index in [0.29, 0.717) is 12.4 Å². The van der Waals surface area contributed by atoms with Gasteiger partial charge in [-0.3, -0.25) is 0 Å². The Kier molecular flexibility index (Phi) is 6.81. The average Bonchev–Trinajstić information content (AvgIpc) is 2.37. The Bertz CT molecular complexity index is 355. The summed E-state index contributed by atoms with van der Waals surface area (Å²) in [5.41, 5.74) is 8.32. The van der Waals surface area contributed by atoms with Crippen LogP contribution in [0.2, 0.25) is 0 Å². The van der Waals surface area contributed by atoms with E-state index in [2.05, 4.69) is 31.1 Å². The van der Waals surface area contributed by atoms with Gasteiger partial charge >= 0.3 is 0 Å². The van der Waals surface area contributed by atoms with Crippen molar-refractivity contribution in [1.29, 1.82) is 0 Å². The highest BCUT2D eigenvalue weighted by molar-refractivity contribution is 5.46. The van der Waals surface area contributed by atoms with Crippen molar-refractivity contribution in [2.75, 3.05) is 18.9 Å². The van der Waals surface area contributed by atoms with Gasteiger partial charge in [-0.25, -0.2) is 4.98 Å². The number of aryl methyl sites for hydroxylation is 1. The van der Waals surface area contributed by atoms with Crippen molar-refractivity contribution in [3.8, 4) is 0 Å². The maximum atomic E-state index is 6.08. The summed E-state index contributed by atoms with van der Waals surface area (Å²) in [7, 11) is 0. The lowest BCUT2D eigenvalue weighted by Gasteiger charge is -2.29. The quantitative estimate of drug-likeness (QED) is 0.759. The van der Waals surface area contributed by atoms with Gasteiger partial charge in [0.15, 0.2) is 0 Å². The maximum Gasteiger partial charge on any atom is 0.128 e. The normalized spacial score (nSPS) is 14.3. The molecule has 0 fully saturated rings. The number of ether oxygens (including phenoxy) is 1. The van der Waals surface area contributed by atoms with E-state index in [9.17, 15) is 0 Å². The molecule has 0 spiro atoms. The number of pyridine rings is 1. The zero-order valence-electron chi connectivity index (χ0n) is 12.6. The van der Waals surface area contributed by atoms with Gasteiger partial charge in [0.1, 0.15) is 5.82 Å². The van der Waals surface area contributed by atoms with Crippen molar-refractivity contribution in [3.63, 3.8) is 0 Å². The largest absolute Gasteiger partial charge is 0.383 e. The lowest BCUT2D eigenvalue weighted by molar-refractivity contribution is 0.0279. The Morgan fingerprint density at radius 3 is 2.63 bits per heavy atom. The van der Waals surface area contributed by atoms with Crippen molar-refractivity contribution in [2.24, 2.45) is 0 Å². The van der Waals surface area contributed by atoms with Crippen molar-refractivity contribution >= 4 is 5.82 Å². The Morgan fingerprint density at radius 2 is 2.11 bits per heavy atom. The van der Waals surface area contributed by atoms with E-state index >= 15 is 0 Å². The maximum absolute atomic E-state index is 6.08. The summed E-state index contributed by atoms with van der Waals surface area (Å²) >= 11 is 0. The minimum Gasteiger partial charge on any atom is -0.383 e. The highest BCUT2D eigenvalue weighted by Crippen LogP contribution is 2.28. The molecule has 1 rings (SSSR count). The van der Waals surface area contributed by atoms with E-state index in [4.69, 9.17) is 10.5 Å². The number of nitrogens with zero attached hydrogens (tertiary/aromatic N) is 1. The highest BCUT2D eigenvalue weighted by Gasteiger charge is 2.25. The van der Waals surface area contributed by atoms with Crippen LogP contribution in [0.15, 0.2) is 12.3 Å². The topological polar surface area (TPSA) is 60.2 Å². The molecule has 0 aliphatic rings. The van der Waals surface area contributed by atoms with Crippen LogP contribution in [0.5, 0.6) is 0 Å². The molecular weight excluding hydrogens is 238 g/mol. The van der Waals surface area contributed by atoms with Gasteiger partial charge < -0.3 is 15.8 Å². The van der Waals surface area contributed by atoms with Gasteiger partial charge in [0.25, 0.3) is 0 Å². The molecule has 0 amide bonds. The second kappa shape index (κ2) is 8.12. The third kappa shape index (κ3) is 4.18. The number of aromatic nitrogens is 1. The first kappa shape index (κ1) is 15.9. The number of nitrogen functional groups attached to an aromatic ring is 1. The molecule has 0 bridgehead atoms. The van der Waals surface area contributed by atoms with Crippen molar-refractivity contribution < 1.29 is 4.74 Å². The molecule has 4 heteroatoms. The van der Waals surface area contributed by atoms with Gasteiger partial charge in [0.2, 0.25) is 0 Å². The number of nitrogens with one attached hydrogen (secondary N) is 1. The summed E-state index contributed by atoms with van der Waals surface area (Å²) < 4.78 is 5.92. The number of likely N-dealkylation sites (N-methyl/N-ethyl adjacent to an activating group) is 1. The predicted molar refractivity (Wildman–Crippen MR) is 80.1 cm³/mol. The van der Waals surface area contributed by atoms with Crippen LogP contribution in [0.1, 0.15) is 50.8 Å². The number of anilines is 1. The lowest BCUT2D eigenvalue weighted by atomic mass is 9.95. The Labute approximate surface area is 116 Å². The minimum absolute atomic E-state index is 0.110. The standard InChI is InChI=1S/C15H27N3O/c1-5-8-12(19-7-3)14(17-6-2)13-11(4)9-10-18-15(13)16/h9-10,12,14,17H,5-8H2,1-4H3,(H2,16,18). The number of hydrogen-bond acceptors (Lipinski definition) is 4. The number of hydrogen-bond donors (Lipinski definition) is 2. The van der Waals surface area contributed by atoms with Crippen molar-refractivity contribution in [1.82, 2.24) is 10.3 Å². The fraction of sp³-hybridized carbons (Fsp3) is 0.667. The van der Waals surface area contributed by atoms with E-state index in [1.54, 1.807) is 6.20 Å². The first-order chi connectivity index (χ1) is 9.15. The van der Waals surface area contributed by atoms with Gasteiger partial charge in [0, 0.05) is 18.4 Å². The summed E-state index contributed by atoms with van der Waals surface area (Å²) in [6, 6.07) is 2.11. The molecule has 0 saturated carbocycles. The van der Waals surface area contributed by atoms with E-state index in [1.165, 1.54) is 5.56 Å². The van der Waals surface area contributed by atoms with Gasteiger partial charge in [0.05, 0.1) is 12.1 Å². The van der Waals surface area contributed by atoms with Gasteiger partial charge in [-0.2, -0.15) is 0 Å². The monoisotopic (exact) mass is 265 g/mol. The lowest BCUT2D eigenvalue weighted by Crippen LogP contribution is -2.35. The molecule has 0 aromatic carbocycles. The van der Waals surface area contributed by atoms with E-state index < -0.39 is 0 Å². The van der Waals surface area contributed by atoms with E-state index in [-0.39, 0.29) is 12.1 Å². The zero-order valence-corrected chi connectivity index (χ0v) is 12.6. The molecule has 1 aromatic heterocycles. The van der Waals surface area contributed by atoms with Crippen molar-refractivity contribution in [2.45, 2.75) is 52.7 Å². The summed E-state index contributed by atoms with van der Waals surface area (Å²) in [6.45, 7) is 9.98. The summed E-state index contributed by atoms with van der Waals surface area (Å²) in [6.07, 6.45) is 4.00. The molecule has 1 aromatic rings. The molecule has 0 radical (unpaired) electrons. The Hall–Kier alpha value is -1.13. The zero-order chi connectivity index (χ0) is 14.3. The van der Waals surface area contributed by atoms with Gasteiger partial charge in [-0.05, 0) is 38.4 Å². The molecule has 4 nitrogen and oxygen atoms in total. The van der Waals surface area contributed by atoms with Gasteiger partial charge in [-0.15, -0.1) is 0 Å². The third-order valence-corrected chi connectivity index (χ3v) is 3.30. The average molecular weight is 265 g/mol. The van der Waals surface area contributed by atoms with E-state index in [0.717, 1.165) is 24.9 Å². The fourth-order valence-electron chi connectivity index (χ4n) is 2.48. The SMILES string of the molecule is CCCC(OCC)C(NCC)c1c(C)ccnc1N. The van der Waals surface area contributed by atoms with Crippen LogP contribution in [0, 0.1) is 6.92 Å². The Morgan fingerprint density at radius 1 is 1.37 bits per heavy atom. The van der Waals surface area contributed by atoms with Crippen LogP contribution in [0.4, 0.5) is 5.82 Å². The second-order valence-electron chi connectivity index (χ2n) is 4.74. The molecule has 0 saturated heterocycles. The van der Waals surface area contributed by atoms with Crippen LogP contribution in [-0.4, -0.2) is 24.2 Å². The molecular formula is C15H27N3O. The molecule has 0 aliphatic carbocycles. The summed E-state index contributed by atoms with van der Waals surface area (Å²) in [5, 5.41) is 3.51. The minimum atomic E-state index is 0.110. The van der Waals surface area contributed by atoms with Crippen LogP contribution in [-0.2, 0) is 4.74 Å². The van der Waals surface area contributed by atoms with Crippen LogP contribution in [0.25, 0.3) is 0 Å². The molecule has 2 atom stereocenters. The fourth-order valence-corrected chi connectivity index (χ4v) is 2.48. The highest BCUT2D eigenvalue weighted by atomic mass is 16.5. The smallest absolute Gasteiger partial charge is 0.128 e. The second-order valence-corrected chi connectivity index (χ2v) is 4.74. The Balaban J connectivity index is 3.09. The van der Waals surface area contributed by atoms with Crippen LogP contribution >= 0.6 is 0 Å². The van der Waals surface area contributed by atoms with Gasteiger partial charge in [-0.1, -0.05) is 20.3 Å². The first-order valence-corrected chi connectivity index (χ1v) is 7.21. The predicted octanol–water partition coefficient (Wildman–Crippen LogP) is 2.83. The van der Waals surface area contributed by atoms with E-state index in [1.807, 2.05) is 13.0 Å². The molecule has 2 unspecified atom stereocenters. The first-order valence-electron chi connectivity index (χ1n) is 7.21. The third-order valence-electron chi connectivity index (χ3n) is 3.30. The summed E-state index contributed by atoms with van der Waals surface area (Å²) in [5.74, 6) is 0.603. The molecule has 19 heavy (non-hydrogen) atoms. The number of nitrogens with two attached hydrogens (primary N) is 1. The molecule has 108 valence electrons. The summed E-state index contributed by atoms with van der Waals surface area (Å²) in [4.78, 5) is 4.23. The van der Waals surface area contributed by atoms with Crippen LogP contribution < -0.4 is 11.1 Å². The molecule has 0 aliphatic heterocycles. The van der Waals surface area contributed by atoms with Crippen molar-refractivity contribution in [3.05, 3.63) is 23.4 Å². The number of rotatable bonds is 8. The molecule has 1 heterocycles. The molecule has 3 N–H and O–H groups in total. The van der Waals surface area contributed by atoms with Crippen LogP contribution in [0.3, 0.4) is 0 Å².